The number of methoxy groups -OCH3 is 2. The molecule has 1 aromatic carbocycles. The molecule has 3 N–H and O–H groups in total. The van der Waals surface area contributed by atoms with Gasteiger partial charge in [-0.3, -0.25) is 4.68 Å². The Morgan fingerprint density at radius 2 is 2.09 bits per heavy atom. The Hall–Kier alpha value is -1.97. The number of rotatable bonds is 5. The molecule has 0 saturated carbocycles. The number of aryl methyl sites for hydroxylation is 1. The molecule has 0 aliphatic rings. The van der Waals surface area contributed by atoms with Gasteiger partial charge in [0.05, 0.1) is 32.1 Å². The molecule has 0 atom stereocenters. The number of guanidine groups is 1. The van der Waals surface area contributed by atoms with Gasteiger partial charge in [0.2, 0.25) is 0 Å². The molecule has 0 radical (unpaired) electrons. The van der Waals surface area contributed by atoms with Crippen molar-refractivity contribution in [2.24, 2.45) is 17.8 Å². The maximum atomic E-state index is 5.90. The highest BCUT2D eigenvalue weighted by Crippen LogP contribution is 2.28. The van der Waals surface area contributed by atoms with E-state index in [1.165, 1.54) is 0 Å². The van der Waals surface area contributed by atoms with Gasteiger partial charge in [0.1, 0.15) is 11.5 Å². The summed E-state index contributed by atoms with van der Waals surface area (Å²) in [5.74, 6) is 1.66. The molecular formula is C14H20IN5O2. The van der Waals surface area contributed by atoms with Gasteiger partial charge in [-0.1, -0.05) is 0 Å². The molecule has 0 bridgehead atoms. The fourth-order valence-corrected chi connectivity index (χ4v) is 1.81. The van der Waals surface area contributed by atoms with Crippen LogP contribution in [-0.4, -0.2) is 30.0 Å². The van der Waals surface area contributed by atoms with Gasteiger partial charge >= 0.3 is 0 Å². The number of benzene rings is 1. The van der Waals surface area contributed by atoms with E-state index in [9.17, 15) is 0 Å². The second kappa shape index (κ2) is 8.47. The van der Waals surface area contributed by atoms with Crippen molar-refractivity contribution in [1.29, 1.82) is 0 Å². The summed E-state index contributed by atoms with van der Waals surface area (Å²) >= 11 is 0. The van der Waals surface area contributed by atoms with Crippen LogP contribution in [0, 0.1) is 0 Å². The Balaban J connectivity index is 0.00000242. The number of nitrogens with two attached hydrogens (primary N) is 1. The average Bonchev–Trinajstić information content (AvgIpc) is 2.90. The normalized spacial score (nSPS) is 10.8. The first-order valence-corrected chi connectivity index (χ1v) is 6.40. The lowest BCUT2D eigenvalue weighted by atomic mass is 10.2. The van der Waals surface area contributed by atoms with Gasteiger partial charge in [-0.05, 0) is 18.2 Å². The Labute approximate surface area is 146 Å². The minimum Gasteiger partial charge on any atom is -0.497 e. The number of nitrogens with one attached hydrogen (secondary N) is 1. The van der Waals surface area contributed by atoms with Crippen LogP contribution in [0.3, 0.4) is 0 Å². The summed E-state index contributed by atoms with van der Waals surface area (Å²) in [4.78, 5) is 4.28. The van der Waals surface area contributed by atoms with Gasteiger partial charge in [0, 0.05) is 19.3 Å². The van der Waals surface area contributed by atoms with Crippen LogP contribution in [0.25, 0.3) is 0 Å². The van der Waals surface area contributed by atoms with Crippen LogP contribution in [0.15, 0.2) is 35.5 Å². The molecule has 0 aliphatic heterocycles. The maximum absolute atomic E-state index is 5.90. The second-order valence-corrected chi connectivity index (χ2v) is 4.34. The van der Waals surface area contributed by atoms with Crippen LogP contribution in [0.4, 0.5) is 5.69 Å². The highest BCUT2D eigenvalue weighted by molar-refractivity contribution is 14.0. The van der Waals surface area contributed by atoms with Crippen molar-refractivity contribution in [2.75, 3.05) is 19.5 Å². The van der Waals surface area contributed by atoms with Gasteiger partial charge in [0.15, 0.2) is 5.96 Å². The largest absolute Gasteiger partial charge is 0.497 e. The molecule has 0 aliphatic carbocycles. The summed E-state index contributed by atoms with van der Waals surface area (Å²) in [7, 11) is 5.06. The van der Waals surface area contributed by atoms with E-state index in [-0.39, 0.29) is 24.0 Å². The van der Waals surface area contributed by atoms with Crippen molar-refractivity contribution in [3.8, 4) is 11.5 Å². The molecule has 0 amide bonds. The van der Waals surface area contributed by atoms with E-state index in [4.69, 9.17) is 15.2 Å². The predicted octanol–water partition coefficient (Wildman–Crippen LogP) is 1.98. The zero-order valence-electron chi connectivity index (χ0n) is 12.7. The predicted molar refractivity (Wildman–Crippen MR) is 97.1 cm³/mol. The Morgan fingerprint density at radius 1 is 1.32 bits per heavy atom. The fraction of sp³-hybridized carbons (Fsp3) is 0.286. The van der Waals surface area contributed by atoms with E-state index in [2.05, 4.69) is 15.4 Å². The lowest BCUT2D eigenvalue weighted by molar-refractivity contribution is 0.405. The Bertz CT molecular complexity index is 642. The van der Waals surface area contributed by atoms with Crippen LogP contribution >= 0.6 is 24.0 Å². The van der Waals surface area contributed by atoms with Gasteiger partial charge in [0.25, 0.3) is 0 Å². The summed E-state index contributed by atoms with van der Waals surface area (Å²) < 4.78 is 12.2. The number of aliphatic imine (C=N–C) groups is 1. The molecule has 2 aromatic rings. The molecule has 22 heavy (non-hydrogen) atoms. The van der Waals surface area contributed by atoms with Crippen molar-refractivity contribution in [2.45, 2.75) is 6.54 Å². The van der Waals surface area contributed by atoms with E-state index in [0.29, 0.717) is 29.7 Å². The number of ether oxygens (including phenoxy) is 2. The first-order valence-electron chi connectivity index (χ1n) is 6.40. The molecule has 120 valence electrons. The number of aromatic nitrogens is 2. The molecule has 8 heteroatoms. The van der Waals surface area contributed by atoms with Crippen LogP contribution < -0.4 is 20.5 Å². The maximum Gasteiger partial charge on any atom is 0.193 e. The van der Waals surface area contributed by atoms with Gasteiger partial charge in [-0.25, -0.2) is 4.99 Å². The highest BCUT2D eigenvalue weighted by Gasteiger charge is 2.06. The molecule has 0 unspecified atom stereocenters. The first-order chi connectivity index (χ1) is 10.1. The minimum absolute atomic E-state index is 0. The van der Waals surface area contributed by atoms with Crippen LogP contribution in [-0.2, 0) is 13.6 Å². The van der Waals surface area contributed by atoms with E-state index >= 15 is 0 Å². The Morgan fingerprint density at radius 3 is 2.68 bits per heavy atom. The second-order valence-electron chi connectivity index (χ2n) is 4.34. The van der Waals surface area contributed by atoms with E-state index < -0.39 is 0 Å². The number of hydrogen-bond donors (Lipinski definition) is 2. The van der Waals surface area contributed by atoms with Crippen molar-refractivity contribution in [3.63, 3.8) is 0 Å². The summed E-state index contributed by atoms with van der Waals surface area (Å²) in [5, 5.41) is 7.09. The molecule has 1 aromatic heterocycles. The van der Waals surface area contributed by atoms with Gasteiger partial charge in [-0.2, -0.15) is 5.10 Å². The van der Waals surface area contributed by atoms with Gasteiger partial charge in [-0.15, -0.1) is 24.0 Å². The molecule has 2 rings (SSSR count). The fourth-order valence-electron chi connectivity index (χ4n) is 1.81. The summed E-state index contributed by atoms with van der Waals surface area (Å²) in [6.07, 6.45) is 1.72. The summed E-state index contributed by atoms with van der Waals surface area (Å²) in [6.45, 7) is 0.446. The molecule has 0 fully saturated rings. The minimum atomic E-state index is 0. The monoisotopic (exact) mass is 417 g/mol. The third-order valence-electron chi connectivity index (χ3n) is 3.00. The van der Waals surface area contributed by atoms with Crippen molar-refractivity contribution >= 4 is 35.6 Å². The Kier molecular flexibility index (Phi) is 6.96. The van der Waals surface area contributed by atoms with Crippen molar-refractivity contribution < 1.29 is 9.47 Å². The first kappa shape index (κ1) is 18.1. The molecule has 0 spiro atoms. The molecule has 7 nitrogen and oxygen atoms in total. The van der Waals surface area contributed by atoms with Crippen molar-refractivity contribution in [1.82, 2.24) is 9.78 Å². The lowest BCUT2D eigenvalue weighted by Gasteiger charge is -2.12. The number of hydrogen-bond acceptors (Lipinski definition) is 4. The van der Waals surface area contributed by atoms with Crippen LogP contribution in [0.2, 0.25) is 0 Å². The number of halogens is 1. The topological polar surface area (TPSA) is 86.7 Å². The standard InChI is InChI=1S/C14H19N5O2.HI/c1-19-10(6-7-17-19)9-16-14(15)18-12-8-11(20-2)4-5-13(12)21-3;/h4-8H,9H2,1-3H3,(H3,15,16,18);1H. The number of nitrogens with zero attached hydrogens (tertiary/aromatic N) is 3. The third kappa shape index (κ3) is 4.52. The molecule has 0 saturated heterocycles. The van der Waals surface area contributed by atoms with Crippen LogP contribution in [0.1, 0.15) is 5.69 Å². The molecule has 1 heterocycles. The summed E-state index contributed by atoms with van der Waals surface area (Å²) in [5.41, 5.74) is 7.57. The zero-order valence-corrected chi connectivity index (χ0v) is 15.1. The zero-order chi connectivity index (χ0) is 15.2. The van der Waals surface area contributed by atoms with Crippen molar-refractivity contribution in [3.05, 3.63) is 36.2 Å². The SMILES string of the molecule is COc1ccc(OC)c(NC(N)=NCc2ccnn2C)c1.I. The highest BCUT2D eigenvalue weighted by atomic mass is 127. The van der Waals surface area contributed by atoms with E-state index in [1.807, 2.05) is 19.2 Å². The molecular weight excluding hydrogens is 397 g/mol. The lowest BCUT2D eigenvalue weighted by Crippen LogP contribution is -2.23. The smallest absolute Gasteiger partial charge is 0.193 e. The third-order valence-corrected chi connectivity index (χ3v) is 3.00. The van der Waals surface area contributed by atoms with Crippen LogP contribution in [0.5, 0.6) is 11.5 Å². The summed E-state index contributed by atoms with van der Waals surface area (Å²) in [6, 6.07) is 7.30. The van der Waals surface area contributed by atoms with E-state index in [0.717, 1.165) is 5.69 Å². The number of anilines is 1. The quantitative estimate of drug-likeness (QED) is 0.442. The average molecular weight is 417 g/mol. The van der Waals surface area contributed by atoms with Gasteiger partial charge < -0.3 is 20.5 Å². The van der Waals surface area contributed by atoms with E-state index in [1.54, 1.807) is 37.2 Å².